The lowest BCUT2D eigenvalue weighted by molar-refractivity contribution is -0.143. The molecule has 8 heteroatoms. The second-order valence-electron chi connectivity index (χ2n) is 11.5. The molecule has 0 amide bonds. The Morgan fingerprint density at radius 3 is 1.70 bits per heavy atom. The molecule has 0 heterocycles. The Balaban J connectivity index is 4.11. The van der Waals surface area contributed by atoms with E-state index in [9.17, 15) is 9.00 Å². The van der Waals surface area contributed by atoms with Crippen molar-refractivity contribution in [3.05, 3.63) is 0 Å². The van der Waals surface area contributed by atoms with Crippen molar-refractivity contribution in [2.24, 2.45) is 4.99 Å². The first-order valence-corrected chi connectivity index (χ1v) is 18.2. The van der Waals surface area contributed by atoms with Crippen molar-refractivity contribution in [3.8, 4) is 0 Å². The summed E-state index contributed by atoms with van der Waals surface area (Å²) in [6, 6.07) is 0. The molecule has 0 spiro atoms. The summed E-state index contributed by atoms with van der Waals surface area (Å²) in [5.74, 6) is 0.668. The quantitative estimate of drug-likeness (QED) is 0.0445. The highest BCUT2D eigenvalue weighted by Crippen LogP contribution is 2.11. The SMILES string of the molecule is CCCCCCCCCOC(=O)CCCCCCCN(CCCCCCCC)CCCN=C(NS(C)=O)N(C)C. The summed E-state index contributed by atoms with van der Waals surface area (Å²) in [4.78, 5) is 21.1. The third-order valence-electron chi connectivity index (χ3n) is 7.25. The molecular formula is C32H66N4O3S. The molecule has 238 valence electrons. The van der Waals surface area contributed by atoms with Gasteiger partial charge >= 0.3 is 5.97 Å². The maximum absolute atomic E-state index is 12.0. The van der Waals surface area contributed by atoms with E-state index >= 15 is 0 Å². The number of carbonyl (C=O) groups is 1. The Kier molecular flexibility index (Phi) is 28.5. The van der Waals surface area contributed by atoms with Crippen molar-refractivity contribution in [1.29, 1.82) is 0 Å². The molecule has 7 nitrogen and oxygen atoms in total. The van der Waals surface area contributed by atoms with Crippen LogP contribution in [0.25, 0.3) is 0 Å². The Hall–Kier alpha value is -1.15. The minimum atomic E-state index is -1.11. The first-order valence-electron chi connectivity index (χ1n) is 16.6. The first-order chi connectivity index (χ1) is 19.4. The number of hydrogen-bond acceptors (Lipinski definition) is 5. The van der Waals surface area contributed by atoms with Crippen LogP contribution >= 0.6 is 0 Å². The monoisotopic (exact) mass is 586 g/mol. The lowest BCUT2D eigenvalue weighted by Gasteiger charge is -2.22. The van der Waals surface area contributed by atoms with Crippen molar-refractivity contribution >= 4 is 22.9 Å². The van der Waals surface area contributed by atoms with Crippen molar-refractivity contribution in [3.63, 3.8) is 0 Å². The van der Waals surface area contributed by atoms with Crippen LogP contribution in [-0.4, -0.2) is 79.1 Å². The van der Waals surface area contributed by atoms with Gasteiger partial charge in [-0.15, -0.1) is 0 Å². The molecule has 0 aliphatic heterocycles. The fraction of sp³-hybridized carbons (Fsp3) is 0.938. The number of hydrogen-bond donors (Lipinski definition) is 1. The van der Waals surface area contributed by atoms with Crippen molar-refractivity contribution in [2.45, 2.75) is 142 Å². The van der Waals surface area contributed by atoms with Gasteiger partial charge in [-0.25, -0.2) is 4.21 Å². The second-order valence-corrected chi connectivity index (χ2v) is 12.6. The standard InChI is InChI=1S/C32H66N4O3S/c1-6-8-10-12-14-19-23-30-39-31(37)25-20-16-15-18-22-28-36(27-21-17-13-11-9-7-2)29-24-26-33-32(35(3)4)34-40(5)38/h6-30H2,1-5H3,(H,33,34). The predicted octanol–water partition coefficient (Wildman–Crippen LogP) is 7.47. The van der Waals surface area contributed by atoms with E-state index in [4.69, 9.17) is 4.74 Å². The van der Waals surface area contributed by atoms with Crippen LogP contribution in [0.5, 0.6) is 0 Å². The minimum Gasteiger partial charge on any atom is -0.466 e. The number of nitrogens with one attached hydrogen (secondary N) is 1. The van der Waals surface area contributed by atoms with E-state index in [2.05, 4.69) is 28.5 Å². The number of nitrogens with zero attached hydrogens (tertiary/aromatic N) is 3. The molecule has 0 aliphatic rings. The maximum atomic E-state index is 12.0. The largest absolute Gasteiger partial charge is 0.466 e. The van der Waals surface area contributed by atoms with Crippen molar-refractivity contribution < 1.29 is 13.7 Å². The minimum absolute atomic E-state index is 0.0171. The molecule has 1 atom stereocenters. The summed E-state index contributed by atoms with van der Waals surface area (Å²) in [7, 11) is 2.73. The van der Waals surface area contributed by atoms with Crippen LogP contribution in [0.1, 0.15) is 142 Å². The van der Waals surface area contributed by atoms with Gasteiger partial charge in [-0.1, -0.05) is 104 Å². The summed E-state index contributed by atoms with van der Waals surface area (Å²) in [6.45, 7) is 9.19. The van der Waals surface area contributed by atoms with Gasteiger partial charge in [-0.2, -0.15) is 0 Å². The van der Waals surface area contributed by atoms with Crippen molar-refractivity contribution in [2.75, 3.05) is 53.1 Å². The molecule has 0 aliphatic carbocycles. The van der Waals surface area contributed by atoms with Crippen LogP contribution < -0.4 is 4.72 Å². The van der Waals surface area contributed by atoms with Crippen LogP contribution in [0, 0.1) is 0 Å². The average molecular weight is 587 g/mol. The Labute approximate surface area is 251 Å². The first kappa shape index (κ1) is 38.9. The molecule has 0 saturated carbocycles. The highest BCUT2D eigenvalue weighted by molar-refractivity contribution is 7.82. The van der Waals surface area contributed by atoms with Gasteiger partial charge in [-0.05, 0) is 51.7 Å². The summed E-state index contributed by atoms with van der Waals surface area (Å²) in [6.07, 6.45) is 25.5. The highest BCUT2D eigenvalue weighted by Gasteiger charge is 2.07. The lowest BCUT2D eigenvalue weighted by Crippen LogP contribution is -2.37. The molecule has 0 bridgehead atoms. The molecule has 0 saturated heterocycles. The van der Waals surface area contributed by atoms with E-state index in [0.717, 1.165) is 51.9 Å². The third-order valence-corrected chi connectivity index (χ3v) is 7.72. The molecule has 1 N–H and O–H groups in total. The molecule has 0 aromatic rings. The fourth-order valence-corrected chi connectivity index (χ4v) is 5.28. The molecule has 0 aromatic heterocycles. The molecule has 40 heavy (non-hydrogen) atoms. The maximum Gasteiger partial charge on any atom is 0.305 e. The third kappa shape index (κ3) is 27.0. The van der Waals surface area contributed by atoms with Gasteiger partial charge in [0.05, 0.1) is 6.61 Å². The van der Waals surface area contributed by atoms with E-state index in [0.29, 0.717) is 19.0 Å². The van der Waals surface area contributed by atoms with Gasteiger partial charge in [0.1, 0.15) is 11.0 Å². The smallest absolute Gasteiger partial charge is 0.305 e. The summed E-state index contributed by atoms with van der Waals surface area (Å²) in [5, 5.41) is 0. The number of unbranched alkanes of at least 4 members (excludes halogenated alkanes) is 15. The molecule has 0 fully saturated rings. The van der Waals surface area contributed by atoms with E-state index < -0.39 is 11.0 Å². The van der Waals surface area contributed by atoms with Gasteiger partial charge < -0.3 is 14.5 Å². The number of esters is 1. The second kappa shape index (κ2) is 29.3. The van der Waals surface area contributed by atoms with Crippen LogP contribution in [0.15, 0.2) is 4.99 Å². The van der Waals surface area contributed by atoms with Gasteiger partial charge in [0.15, 0.2) is 0 Å². The summed E-state index contributed by atoms with van der Waals surface area (Å²) < 4.78 is 19.9. The number of carbonyl (C=O) groups excluding carboxylic acids is 1. The lowest BCUT2D eigenvalue weighted by atomic mass is 10.1. The van der Waals surface area contributed by atoms with E-state index in [1.54, 1.807) is 6.26 Å². The fourth-order valence-electron chi connectivity index (χ4n) is 4.78. The van der Waals surface area contributed by atoms with Gasteiger partial charge in [-0.3, -0.25) is 14.5 Å². The Morgan fingerprint density at radius 1 is 0.700 bits per heavy atom. The zero-order valence-electron chi connectivity index (χ0n) is 27.2. The molecule has 0 rings (SSSR count). The highest BCUT2D eigenvalue weighted by atomic mass is 32.2. The van der Waals surface area contributed by atoms with E-state index in [-0.39, 0.29) is 5.97 Å². The number of rotatable bonds is 28. The van der Waals surface area contributed by atoms with E-state index in [1.807, 2.05) is 19.0 Å². The summed E-state index contributed by atoms with van der Waals surface area (Å²) in [5.41, 5.74) is 0. The van der Waals surface area contributed by atoms with Crippen LogP contribution in [0.3, 0.4) is 0 Å². The average Bonchev–Trinajstić information content (AvgIpc) is 2.92. The van der Waals surface area contributed by atoms with Crippen LogP contribution in [-0.2, 0) is 20.5 Å². The number of aliphatic imine (C=N–C) groups is 1. The van der Waals surface area contributed by atoms with Gasteiger partial charge in [0.2, 0.25) is 5.96 Å². The van der Waals surface area contributed by atoms with Crippen LogP contribution in [0.4, 0.5) is 0 Å². The molecule has 0 radical (unpaired) electrons. The van der Waals surface area contributed by atoms with Crippen LogP contribution in [0.2, 0.25) is 0 Å². The molecule has 0 aromatic carbocycles. The molecule has 1 unspecified atom stereocenters. The topological polar surface area (TPSA) is 74.2 Å². The van der Waals surface area contributed by atoms with E-state index in [1.165, 1.54) is 96.3 Å². The Morgan fingerprint density at radius 2 is 1.18 bits per heavy atom. The zero-order chi connectivity index (χ0) is 29.7. The zero-order valence-corrected chi connectivity index (χ0v) is 28.0. The predicted molar refractivity (Wildman–Crippen MR) is 174 cm³/mol. The number of guanidine groups is 1. The van der Waals surface area contributed by atoms with Crippen molar-refractivity contribution in [1.82, 2.24) is 14.5 Å². The van der Waals surface area contributed by atoms with Gasteiger partial charge in [0, 0.05) is 33.3 Å². The normalized spacial score (nSPS) is 12.6. The summed E-state index contributed by atoms with van der Waals surface area (Å²) >= 11 is 0. The Bertz CT molecular complexity index is 631. The number of ether oxygens (including phenoxy) is 1. The molecular weight excluding hydrogens is 520 g/mol. The van der Waals surface area contributed by atoms with Gasteiger partial charge in [0.25, 0.3) is 0 Å².